The van der Waals surface area contributed by atoms with Crippen LogP contribution in [0.1, 0.15) is 30.1 Å². The molecule has 0 aliphatic heterocycles. The maximum atomic E-state index is 12.5. The fourth-order valence-corrected chi connectivity index (χ4v) is 3.17. The van der Waals surface area contributed by atoms with E-state index in [2.05, 4.69) is 0 Å². The Kier molecular flexibility index (Phi) is 4.78. The Hall–Kier alpha value is -1.27. The number of carbonyl (C=O) groups excluding carboxylic acids is 1. The molecule has 0 heterocycles. The Morgan fingerprint density at radius 3 is 2.57 bits per heavy atom. The average molecular weight is 332 g/mol. The maximum absolute atomic E-state index is 12.5. The van der Waals surface area contributed by atoms with Crippen molar-refractivity contribution in [3.63, 3.8) is 0 Å². The standard InChI is InChI=1S/C14H18ClNO4S/c1-3-16(9-10-4-5-10)14(17)11-6-7-12(20-2)13(8-11)21(15,18)19/h6-8,10H,3-5,9H2,1-2H3. The summed E-state index contributed by atoms with van der Waals surface area (Å²) in [5.74, 6) is 0.517. The van der Waals surface area contributed by atoms with Gasteiger partial charge in [-0.05, 0) is 43.9 Å². The van der Waals surface area contributed by atoms with Crippen molar-refractivity contribution < 1.29 is 17.9 Å². The van der Waals surface area contributed by atoms with E-state index in [0.717, 1.165) is 12.8 Å². The van der Waals surface area contributed by atoms with Gasteiger partial charge in [-0.25, -0.2) is 8.42 Å². The van der Waals surface area contributed by atoms with Crippen molar-refractivity contribution >= 4 is 25.6 Å². The number of amides is 1. The van der Waals surface area contributed by atoms with Gasteiger partial charge in [0.1, 0.15) is 10.6 Å². The second-order valence-electron chi connectivity index (χ2n) is 5.09. The summed E-state index contributed by atoms with van der Waals surface area (Å²) < 4.78 is 28.1. The third-order valence-electron chi connectivity index (χ3n) is 3.52. The molecule has 5 nitrogen and oxygen atoms in total. The molecule has 0 atom stereocenters. The molecule has 0 aromatic heterocycles. The third kappa shape index (κ3) is 3.89. The van der Waals surface area contributed by atoms with Gasteiger partial charge >= 0.3 is 0 Å². The van der Waals surface area contributed by atoms with Crippen LogP contribution in [-0.2, 0) is 9.05 Å². The van der Waals surface area contributed by atoms with Crippen LogP contribution < -0.4 is 4.74 Å². The van der Waals surface area contributed by atoms with Crippen LogP contribution in [0, 0.1) is 5.92 Å². The van der Waals surface area contributed by atoms with Crippen LogP contribution in [0.4, 0.5) is 0 Å². The molecule has 1 aromatic carbocycles. The first-order valence-electron chi connectivity index (χ1n) is 6.78. The molecule has 1 aliphatic carbocycles. The molecular formula is C14H18ClNO4S. The Morgan fingerprint density at radius 2 is 2.10 bits per heavy atom. The fraction of sp³-hybridized carbons (Fsp3) is 0.500. The highest BCUT2D eigenvalue weighted by atomic mass is 35.7. The number of carbonyl (C=O) groups is 1. The van der Waals surface area contributed by atoms with Gasteiger partial charge < -0.3 is 9.64 Å². The Morgan fingerprint density at radius 1 is 1.43 bits per heavy atom. The molecule has 0 unspecified atom stereocenters. The fourth-order valence-electron chi connectivity index (χ4n) is 2.15. The van der Waals surface area contributed by atoms with Gasteiger partial charge in [0.25, 0.3) is 15.0 Å². The van der Waals surface area contributed by atoms with E-state index in [1.807, 2.05) is 6.92 Å². The molecule has 7 heteroatoms. The minimum Gasteiger partial charge on any atom is -0.495 e. The quantitative estimate of drug-likeness (QED) is 0.751. The van der Waals surface area contributed by atoms with E-state index in [9.17, 15) is 13.2 Å². The van der Waals surface area contributed by atoms with Crippen molar-refractivity contribution in [3.05, 3.63) is 23.8 Å². The van der Waals surface area contributed by atoms with Crippen molar-refractivity contribution in [2.45, 2.75) is 24.7 Å². The van der Waals surface area contributed by atoms with Crippen molar-refractivity contribution in [1.82, 2.24) is 4.90 Å². The zero-order valence-corrected chi connectivity index (χ0v) is 13.6. The number of rotatable bonds is 6. The normalized spacial score (nSPS) is 14.8. The molecule has 1 fully saturated rings. The summed E-state index contributed by atoms with van der Waals surface area (Å²) in [7, 11) is 2.78. The van der Waals surface area contributed by atoms with E-state index >= 15 is 0 Å². The highest BCUT2D eigenvalue weighted by Crippen LogP contribution is 2.31. The van der Waals surface area contributed by atoms with E-state index in [4.69, 9.17) is 15.4 Å². The topological polar surface area (TPSA) is 63.7 Å². The summed E-state index contributed by atoms with van der Waals surface area (Å²) in [6.45, 7) is 3.21. The zero-order chi connectivity index (χ0) is 15.6. The van der Waals surface area contributed by atoms with Gasteiger partial charge in [-0.15, -0.1) is 0 Å². The molecule has 0 spiro atoms. The maximum Gasteiger partial charge on any atom is 0.265 e. The van der Waals surface area contributed by atoms with E-state index in [1.165, 1.54) is 19.2 Å². The summed E-state index contributed by atoms with van der Waals surface area (Å²) in [6, 6.07) is 4.29. The second kappa shape index (κ2) is 6.23. The van der Waals surface area contributed by atoms with Crippen LogP contribution in [0.3, 0.4) is 0 Å². The van der Waals surface area contributed by atoms with Crippen molar-refractivity contribution in [3.8, 4) is 5.75 Å². The number of halogens is 1. The average Bonchev–Trinajstić information content (AvgIpc) is 3.26. The third-order valence-corrected chi connectivity index (χ3v) is 4.86. The van der Waals surface area contributed by atoms with E-state index in [1.54, 1.807) is 11.0 Å². The van der Waals surface area contributed by atoms with Gasteiger partial charge in [0.15, 0.2) is 0 Å². The van der Waals surface area contributed by atoms with Crippen LogP contribution in [-0.4, -0.2) is 39.4 Å². The van der Waals surface area contributed by atoms with Gasteiger partial charge in [-0.2, -0.15) is 0 Å². The monoisotopic (exact) mass is 331 g/mol. The molecule has 2 rings (SSSR count). The SMILES string of the molecule is CCN(CC1CC1)C(=O)c1ccc(OC)c(S(=O)(=O)Cl)c1. The predicted octanol–water partition coefficient (Wildman–Crippen LogP) is 2.49. The Bertz CT molecular complexity index is 640. The molecule has 1 aromatic rings. The molecule has 1 aliphatic rings. The molecular weight excluding hydrogens is 314 g/mol. The van der Waals surface area contributed by atoms with Gasteiger partial charge in [0.2, 0.25) is 0 Å². The number of methoxy groups -OCH3 is 1. The van der Waals surface area contributed by atoms with E-state index in [0.29, 0.717) is 24.6 Å². The van der Waals surface area contributed by atoms with Gasteiger partial charge in [-0.1, -0.05) is 0 Å². The van der Waals surface area contributed by atoms with Crippen LogP contribution in [0.2, 0.25) is 0 Å². The molecule has 1 amide bonds. The van der Waals surface area contributed by atoms with Crippen LogP contribution in [0.25, 0.3) is 0 Å². The highest BCUT2D eigenvalue weighted by Gasteiger charge is 2.27. The van der Waals surface area contributed by atoms with Gasteiger partial charge in [-0.3, -0.25) is 4.79 Å². The summed E-state index contributed by atoms with van der Waals surface area (Å²) in [6.07, 6.45) is 2.29. The molecule has 116 valence electrons. The van der Waals surface area contributed by atoms with Crippen molar-refractivity contribution in [2.24, 2.45) is 5.92 Å². The zero-order valence-electron chi connectivity index (χ0n) is 12.0. The molecule has 0 saturated heterocycles. The van der Waals surface area contributed by atoms with Crippen molar-refractivity contribution in [2.75, 3.05) is 20.2 Å². The van der Waals surface area contributed by atoms with Crippen LogP contribution in [0.5, 0.6) is 5.75 Å². The number of hydrogen-bond acceptors (Lipinski definition) is 4. The minimum absolute atomic E-state index is 0.131. The molecule has 0 radical (unpaired) electrons. The van der Waals surface area contributed by atoms with E-state index in [-0.39, 0.29) is 16.6 Å². The van der Waals surface area contributed by atoms with Crippen molar-refractivity contribution in [1.29, 1.82) is 0 Å². The summed E-state index contributed by atoms with van der Waals surface area (Å²) in [4.78, 5) is 14.0. The van der Waals surface area contributed by atoms with E-state index < -0.39 is 9.05 Å². The van der Waals surface area contributed by atoms with Crippen LogP contribution in [0.15, 0.2) is 23.1 Å². The number of nitrogens with zero attached hydrogens (tertiary/aromatic N) is 1. The first-order valence-corrected chi connectivity index (χ1v) is 9.09. The largest absolute Gasteiger partial charge is 0.495 e. The first kappa shape index (κ1) is 16.1. The highest BCUT2D eigenvalue weighted by molar-refractivity contribution is 8.13. The molecule has 1 saturated carbocycles. The lowest BCUT2D eigenvalue weighted by molar-refractivity contribution is 0.0756. The summed E-state index contributed by atoms with van der Waals surface area (Å²) in [5.41, 5.74) is 0.303. The molecule has 21 heavy (non-hydrogen) atoms. The Balaban J connectivity index is 2.32. The molecule has 0 N–H and O–H groups in total. The number of benzene rings is 1. The number of ether oxygens (including phenoxy) is 1. The van der Waals surface area contributed by atoms with Crippen LogP contribution >= 0.6 is 10.7 Å². The lowest BCUT2D eigenvalue weighted by Gasteiger charge is -2.21. The first-order chi connectivity index (χ1) is 9.86. The van der Waals surface area contributed by atoms with Gasteiger partial charge in [0.05, 0.1) is 7.11 Å². The number of hydrogen-bond donors (Lipinski definition) is 0. The second-order valence-corrected chi connectivity index (χ2v) is 7.63. The smallest absolute Gasteiger partial charge is 0.265 e. The summed E-state index contributed by atoms with van der Waals surface area (Å²) in [5, 5.41) is 0. The summed E-state index contributed by atoms with van der Waals surface area (Å²) >= 11 is 0. The van der Waals surface area contributed by atoms with Gasteiger partial charge in [0, 0.05) is 29.3 Å². The molecule has 0 bridgehead atoms. The lowest BCUT2D eigenvalue weighted by Crippen LogP contribution is -2.32. The predicted molar refractivity (Wildman–Crippen MR) is 80.3 cm³/mol. The lowest BCUT2D eigenvalue weighted by atomic mass is 10.2. The minimum atomic E-state index is -3.97. The Labute approximate surface area is 129 Å².